The number of anilines is 2. The Morgan fingerprint density at radius 1 is 1.25 bits per heavy atom. The number of hydrogen-bond acceptors (Lipinski definition) is 7. The van der Waals surface area contributed by atoms with E-state index in [1.165, 1.54) is 41.1 Å². The molecule has 0 aliphatic heterocycles. The van der Waals surface area contributed by atoms with Crippen LogP contribution in [0.1, 0.15) is 15.9 Å². The van der Waals surface area contributed by atoms with Gasteiger partial charge in [-0.2, -0.15) is 13.2 Å². The number of ether oxygens (including phenoxy) is 1. The lowest BCUT2D eigenvalue weighted by atomic mass is 10.1. The van der Waals surface area contributed by atoms with Crippen molar-refractivity contribution in [3.8, 4) is 0 Å². The van der Waals surface area contributed by atoms with Crippen molar-refractivity contribution in [3.63, 3.8) is 0 Å². The van der Waals surface area contributed by atoms with E-state index in [-0.39, 0.29) is 23.1 Å². The van der Waals surface area contributed by atoms with E-state index in [2.05, 4.69) is 10.3 Å². The molecule has 148 valence electrons. The number of rotatable bonds is 6. The average Bonchev–Trinajstić information content (AvgIpc) is 3.13. The molecule has 0 amide bonds. The first-order valence-electron chi connectivity index (χ1n) is 8.05. The van der Waals surface area contributed by atoms with Crippen LogP contribution in [0, 0.1) is 0 Å². The summed E-state index contributed by atoms with van der Waals surface area (Å²) >= 11 is 1.20. The molecule has 2 aromatic heterocycles. The molecule has 3 rings (SSSR count). The summed E-state index contributed by atoms with van der Waals surface area (Å²) in [5.41, 5.74) is -0.202. The number of para-hydroxylation sites is 1. The second-order valence-corrected chi connectivity index (χ2v) is 6.56. The number of pyridine rings is 1. The molecular formula is C18H15F3N2O4S. The minimum Gasteiger partial charge on any atom is -0.459 e. The molecule has 0 aliphatic carbocycles. The van der Waals surface area contributed by atoms with Gasteiger partial charge in [0, 0.05) is 28.0 Å². The molecule has 0 spiro atoms. The largest absolute Gasteiger partial charge is 0.459 e. The molecule has 6 nitrogen and oxygen atoms in total. The fourth-order valence-corrected chi connectivity index (χ4v) is 3.26. The molecule has 0 saturated heterocycles. The molecule has 1 aromatic carbocycles. The first kappa shape index (κ1) is 20.1. The second kappa shape index (κ2) is 8.13. The number of halogens is 3. The minimum atomic E-state index is -4.55. The van der Waals surface area contributed by atoms with Crippen LogP contribution in [0.5, 0.6) is 0 Å². The predicted octanol–water partition coefficient (Wildman–Crippen LogP) is 3.57. The Kier molecular flexibility index (Phi) is 5.82. The van der Waals surface area contributed by atoms with E-state index < -0.39 is 30.4 Å². The number of esters is 1. The number of aliphatic hydroxyl groups is 2. The maximum absolute atomic E-state index is 13.2. The quantitative estimate of drug-likeness (QED) is 0.536. The summed E-state index contributed by atoms with van der Waals surface area (Å²) in [6, 6.07) is 5.25. The summed E-state index contributed by atoms with van der Waals surface area (Å²) in [4.78, 5) is 16.0. The van der Waals surface area contributed by atoms with Gasteiger partial charge < -0.3 is 20.3 Å². The third kappa shape index (κ3) is 4.24. The maximum Gasteiger partial charge on any atom is 0.418 e. The van der Waals surface area contributed by atoms with Gasteiger partial charge in [0.1, 0.15) is 12.7 Å². The summed E-state index contributed by atoms with van der Waals surface area (Å²) in [5, 5.41) is 24.4. The number of hydrogen-bond donors (Lipinski definition) is 3. The molecule has 28 heavy (non-hydrogen) atoms. The monoisotopic (exact) mass is 412 g/mol. The maximum atomic E-state index is 13.2. The van der Waals surface area contributed by atoms with E-state index >= 15 is 0 Å². The van der Waals surface area contributed by atoms with Crippen LogP contribution in [0.2, 0.25) is 0 Å². The van der Waals surface area contributed by atoms with Crippen LogP contribution in [0.3, 0.4) is 0 Å². The van der Waals surface area contributed by atoms with Crippen LogP contribution in [0.25, 0.3) is 10.9 Å². The third-order valence-electron chi connectivity index (χ3n) is 3.85. The molecular weight excluding hydrogens is 397 g/mol. The molecule has 0 fully saturated rings. The van der Waals surface area contributed by atoms with Crippen LogP contribution < -0.4 is 5.32 Å². The van der Waals surface area contributed by atoms with E-state index in [4.69, 9.17) is 9.84 Å². The number of nitrogens with one attached hydrogen (secondary N) is 1. The predicted molar refractivity (Wildman–Crippen MR) is 97.7 cm³/mol. The van der Waals surface area contributed by atoms with E-state index in [1.54, 1.807) is 5.38 Å². The molecule has 1 atom stereocenters. The Hall–Kier alpha value is -2.69. The first-order valence-corrected chi connectivity index (χ1v) is 8.99. The molecule has 10 heteroatoms. The summed E-state index contributed by atoms with van der Waals surface area (Å²) in [6.45, 7) is -0.926. The SMILES string of the molecule is O=C(OCC(O)CO)c1cscc1Nc1ccnc2c(C(F)(F)F)cccc12. The minimum absolute atomic E-state index is 0.159. The summed E-state index contributed by atoms with van der Waals surface area (Å²) in [5.74, 6) is -0.731. The normalized spacial score (nSPS) is 12.8. The lowest BCUT2D eigenvalue weighted by Gasteiger charge is -2.14. The molecule has 3 N–H and O–H groups in total. The highest BCUT2D eigenvalue weighted by atomic mass is 32.1. The van der Waals surface area contributed by atoms with Crippen molar-refractivity contribution < 1.29 is 32.9 Å². The average molecular weight is 412 g/mol. The van der Waals surface area contributed by atoms with E-state index in [0.717, 1.165) is 6.07 Å². The number of thiophene rings is 1. The van der Waals surface area contributed by atoms with Gasteiger partial charge in [0.05, 0.1) is 28.9 Å². The van der Waals surface area contributed by atoms with Gasteiger partial charge in [-0.25, -0.2) is 4.79 Å². The zero-order valence-electron chi connectivity index (χ0n) is 14.2. The smallest absolute Gasteiger partial charge is 0.418 e. The first-order chi connectivity index (χ1) is 13.3. The van der Waals surface area contributed by atoms with Crippen molar-refractivity contribution in [2.45, 2.75) is 12.3 Å². The van der Waals surface area contributed by atoms with E-state index in [0.29, 0.717) is 11.4 Å². The molecule has 1 unspecified atom stereocenters. The van der Waals surface area contributed by atoms with E-state index in [9.17, 15) is 23.1 Å². The lowest BCUT2D eigenvalue weighted by molar-refractivity contribution is -0.136. The Labute approximate surface area is 161 Å². The Morgan fingerprint density at radius 2 is 2.04 bits per heavy atom. The second-order valence-electron chi connectivity index (χ2n) is 5.82. The third-order valence-corrected chi connectivity index (χ3v) is 4.59. The van der Waals surface area contributed by atoms with Gasteiger partial charge in [-0.1, -0.05) is 12.1 Å². The van der Waals surface area contributed by atoms with Crippen molar-refractivity contribution in [2.24, 2.45) is 0 Å². The fourth-order valence-electron chi connectivity index (χ4n) is 2.51. The standard InChI is InChI=1S/C18H15F3N2O4S/c19-18(20,21)13-3-1-2-11-14(4-5-22-16(11)13)23-15-9-28-8-12(15)17(26)27-7-10(25)6-24/h1-5,8-10,24-25H,6-7H2,(H,22,23). The van der Waals surface area contributed by atoms with Crippen molar-refractivity contribution in [1.29, 1.82) is 0 Å². The number of fused-ring (bicyclic) bond motifs is 1. The van der Waals surface area contributed by atoms with Crippen LogP contribution in [0.15, 0.2) is 41.2 Å². The Bertz CT molecular complexity index is 990. The highest BCUT2D eigenvalue weighted by molar-refractivity contribution is 7.08. The van der Waals surface area contributed by atoms with Gasteiger partial charge in [-0.3, -0.25) is 4.98 Å². The molecule has 3 aromatic rings. The zero-order chi connectivity index (χ0) is 20.3. The molecule has 0 aliphatic rings. The topological polar surface area (TPSA) is 91.7 Å². The van der Waals surface area contributed by atoms with Crippen molar-refractivity contribution >= 4 is 39.6 Å². The van der Waals surface area contributed by atoms with E-state index in [1.807, 2.05) is 0 Å². The number of carbonyl (C=O) groups is 1. The van der Waals surface area contributed by atoms with Crippen molar-refractivity contribution in [1.82, 2.24) is 4.98 Å². The number of benzene rings is 1. The number of nitrogens with zero attached hydrogens (tertiary/aromatic N) is 1. The fraction of sp³-hybridized carbons (Fsp3) is 0.222. The number of alkyl halides is 3. The number of carbonyl (C=O) groups excluding carboxylic acids is 1. The Balaban J connectivity index is 1.91. The molecule has 0 saturated carbocycles. The van der Waals surface area contributed by atoms with Gasteiger partial charge in [0.2, 0.25) is 0 Å². The lowest BCUT2D eigenvalue weighted by Crippen LogP contribution is -2.22. The molecule has 2 heterocycles. The Morgan fingerprint density at radius 3 is 2.75 bits per heavy atom. The summed E-state index contributed by atoms with van der Waals surface area (Å²) in [6.07, 6.45) is -4.48. The van der Waals surface area contributed by atoms with Crippen LogP contribution in [-0.2, 0) is 10.9 Å². The number of aliphatic hydroxyl groups excluding tert-OH is 2. The highest BCUT2D eigenvalue weighted by Gasteiger charge is 2.33. The molecule has 0 bridgehead atoms. The molecule has 0 radical (unpaired) electrons. The van der Waals surface area contributed by atoms with Gasteiger partial charge in [0.25, 0.3) is 0 Å². The van der Waals surface area contributed by atoms with Gasteiger partial charge in [-0.05, 0) is 12.1 Å². The van der Waals surface area contributed by atoms with Crippen LogP contribution in [0.4, 0.5) is 24.5 Å². The van der Waals surface area contributed by atoms with Crippen molar-refractivity contribution in [3.05, 3.63) is 52.3 Å². The number of aromatic nitrogens is 1. The summed E-state index contributed by atoms with van der Waals surface area (Å²) < 4.78 is 44.6. The van der Waals surface area contributed by atoms with Crippen LogP contribution >= 0.6 is 11.3 Å². The zero-order valence-corrected chi connectivity index (χ0v) is 15.0. The van der Waals surface area contributed by atoms with Gasteiger partial charge >= 0.3 is 12.1 Å². The van der Waals surface area contributed by atoms with Gasteiger partial charge in [0.15, 0.2) is 0 Å². The summed E-state index contributed by atoms with van der Waals surface area (Å²) in [7, 11) is 0. The van der Waals surface area contributed by atoms with Crippen molar-refractivity contribution in [2.75, 3.05) is 18.5 Å². The van der Waals surface area contributed by atoms with Gasteiger partial charge in [-0.15, -0.1) is 11.3 Å². The highest BCUT2D eigenvalue weighted by Crippen LogP contribution is 2.37. The van der Waals surface area contributed by atoms with Crippen LogP contribution in [-0.4, -0.2) is 40.5 Å².